The van der Waals surface area contributed by atoms with Gasteiger partial charge in [0.15, 0.2) is 5.79 Å². The van der Waals surface area contributed by atoms with Crippen LogP contribution in [-0.4, -0.2) is 49.4 Å². The summed E-state index contributed by atoms with van der Waals surface area (Å²) >= 11 is 0. The molecule has 1 heterocycles. The van der Waals surface area contributed by atoms with Crippen molar-refractivity contribution in [1.82, 2.24) is 10.6 Å². The molecule has 0 radical (unpaired) electrons. The maximum atomic E-state index is 12.8. The summed E-state index contributed by atoms with van der Waals surface area (Å²) in [6, 6.07) is 9.18. The summed E-state index contributed by atoms with van der Waals surface area (Å²) in [5.41, 5.74) is 0.437. The molecule has 1 aliphatic rings. The molecular formula is C39H64N2O6. The first-order valence-electron chi connectivity index (χ1n) is 18.3. The molecule has 1 fully saturated rings. The Hall–Kier alpha value is -2.71. The van der Waals surface area contributed by atoms with Crippen LogP contribution in [0, 0.1) is 5.41 Å². The average Bonchev–Trinajstić information content (AvgIpc) is 3.04. The van der Waals surface area contributed by atoms with E-state index in [9.17, 15) is 14.4 Å². The van der Waals surface area contributed by atoms with Gasteiger partial charge in [0.05, 0.1) is 12.6 Å². The lowest BCUT2D eigenvalue weighted by Crippen LogP contribution is -2.56. The number of benzene rings is 1. The Morgan fingerprint density at radius 2 is 1.47 bits per heavy atom. The number of unbranched alkanes of at least 4 members (excludes halogenated alkanes) is 11. The highest BCUT2D eigenvalue weighted by molar-refractivity contribution is 5.82. The van der Waals surface area contributed by atoms with Crippen LogP contribution in [0.25, 0.3) is 0 Å². The number of carbonyl (C=O) groups excluding carboxylic acids is 3. The number of carbonyl (C=O) groups is 3. The second kappa shape index (κ2) is 22.8. The molecule has 2 N–H and O–H groups in total. The van der Waals surface area contributed by atoms with Crippen LogP contribution in [0.2, 0.25) is 0 Å². The molecule has 1 aliphatic heterocycles. The number of esters is 1. The third kappa shape index (κ3) is 17.9. The fraction of sp³-hybridized carbons (Fsp3) is 0.718. The molecule has 8 nitrogen and oxygen atoms in total. The molecule has 1 aromatic rings. The fourth-order valence-corrected chi connectivity index (χ4v) is 5.64. The van der Waals surface area contributed by atoms with E-state index in [1.165, 1.54) is 57.8 Å². The molecule has 0 spiro atoms. The van der Waals surface area contributed by atoms with E-state index in [2.05, 4.69) is 29.7 Å². The normalized spacial score (nSPS) is 17.7. The van der Waals surface area contributed by atoms with Crippen molar-refractivity contribution < 1.29 is 28.6 Å². The maximum Gasteiger partial charge on any atom is 0.305 e. The molecule has 2 rings (SSSR count). The van der Waals surface area contributed by atoms with Gasteiger partial charge in [0, 0.05) is 24.8 Å². The molecule has 1 aromatic carbocycles. The molecule has 0 aromatic heterocycles. The highest BCUT2D eigenvalue weighted by atomic mass is 16.7. The van der Waals surface area contributed by atoms with Crippen molar-refractivity contribution in [2.45, 2.75) is 155 Å². The molecular weight excluding hydrogens is 592 g/mol. The predicted molar refractivity (Wildman–Crippen MR) is 189 cm³/mol. The lowest BCUT2D eigenvalue weighted by molar-refractivity contribution is -0.304. The number of allylic oxidation sites excluding steroid dienone is 2. The number of ether oxygens (including phenoxy) is 3. The highest BCUT2D eigenvalue weighted by Gasteiger charge is 2.45. The van der Waals surface area contributed by atoms with Crippen molar-refractivity contribution in [3.05, 3.63) is 48.0 Å². The van der Waals surface area contributed by atoms with Crippen LogP contribution in [0.3, 0.4) is 0 Å². The largest absolute Gasteiger partial charge is 0.463 e. The van der Waals surface area contributed by atoms with E-state index in [-0.39, 0.29) is 30.8 Å². The lowest BCUT2D eigenvalue weighted by Gasteiger charge is -2.44. The van der Waals surface area contributed by atoms with Gasteiger partial charge in [0.25, 0.3) is 0 Å². The quantitative estimate of drug-likeness (QED) is 0.0657. The third-order valence-corrected chi connectivity index (χ3v) is 8.61. The van der Waals surface area contributed by atoms with E-state index in [4.69, 9.17) is 14.2 Å². The van der Waals surface area contributed by atoms with Crippen molar-refractivity contribution in [3.8, 4) is 0 Å². The van der Waals surface area contributed by atoms with Gasteiger partial charge in [-0.3, -0.25) is 14.4 Å². The summed E-state index contributed by atoms with van der Waals surface area (Å²) in [4.78, 5) is 38.1. The topological polar surface area (TPSA) is 103 Å². The number of amides is 2. The smallest absolute Gasteiger partial charge is 0.305 e. The SMILES string of the molecule is CCCCCCCC/C=C\CCCCCCCC(=O)N[C@H](COC(=O)CCCNC(=O)C1OC(C)(C)OCC1(C)C)c1ccccc1. The Balaban J connectivity index is 1.61. The Labute approximate surface area is 285 Å². The first kappa shape index (κ1) is 40.5. The highest BCUT2D eigenvalue weighted by Crippen LogP contribution is 2.34. The molecule has 2 amide bonds. The summed E-state index contributed by atoms with van der Waals surface area (Å²) in [5.74, 6) is -1.43. The minimum atomic E-state index is -0.823. The number of nitrogens with one attached hydrogen (secondary N) is 2. The summed E-state index contributed by atoms with van der Waals surface area (Å²) in [5, 5.41) is 5.95. The van der Waals surface area contributed by atoms with Crippen LogP contribution in [0.4, 0.5) is 0 Å². The fourth-order valence-electron chi connectivity index (χ4n) is 5.64. The van der Waals surface area contributed by atoms with Gasteiger partial charge in [0.2, 0.25) is 11.8 Å². The summed E-state index contributed by atoms with van der Waals surface area (Å²) in [7, 11) is 0. The predicted octanol–water partition coefficient (Wildman–Crippen LogP) is 8.50. The lowest BCUT2D eigenvalue weighted by atomic mass is 9.85. The van der Waals surface area contributed by atoms with Crippen molar-refractivity contribution in [3.63, 3.8) is 0 Å². The van der Waals surface area contributed by atoms with E-state index in [1.54, 1.807) is 13.8 Å². The van der Waals surface area contributed by atoms with E-state index >= 15 is 0 Å². The van der Waals surface area contributed by atoms with Crippen LogP contribution >= 0.6 is 0 Å². The van der Waals surface area contributed by atoms with Gasteiger partial charge >= 0.3 is 5.97 Å². The van der Waals surface area contributed by atoms with Gasteiger partial charge < -0.3 is 24.8 Å². The van der Waals surface area contributed by atoms with Crippen LogP contribution in [-0.2, 0) is 28.6 Å². The molecule has 0 bridgehead atoms. The van der Waals surface area contributed by atoms with Crippen molar-refractivity contribution in [2.75, 3.05) is 19.8 Å². The van der Waals surface area contributed by atoms with Gasteiger partial charge in [0.1, 0.15) is 12.7 Å². The minimum Gasteiger partial charge on any atom is -0.463 e. The first-order chi connectivity index (χ1) is 22.5. The summed E-state index contributed by atoms with van der Waals surface area (Å²) < 4.78 is 17.1. The van der Waals surface area contributed by atoms with E-state index in [1.807, 2.05) is 44.2 Å². The van der Waals surface area contributed by atoms with Gasteiger partial charge in [-0.05, 0) is 57.9 Å². The van der Waals surface area contributed by atoms with E-state index in [0.29, 0.717) is 26.0 Å². The molecule has 1 saturated heterocycles. The Bertz CT molecular complexity index is 1050. The van der Waals surface area contributed by atoms with Gasteiger partial charge in [-0.15, -0.1) is 0 Å². The summed E-state index contributed by atoms with van der Waals surface area (Å²) in [6.45, 7) is 10.5. The first-order valence-corrected chi connectivity index (χ1v) is 18.3. The molecule has 47 heavy (non-hydrogen) atoms. The van der Waals surface area contributed by atoms with Crippen LogP contribution in [0.1, 0.15) is 149 Å². The molecule has 0 aliphatic carbocycles. The van der Waals surface area contributed by atoms with Gasteiger partial charge in [-0.2, -0.15) is 0 Å². The molecule has 1 unspecified atom stereocenters. The Morgan fingerprint density at radius 3 is 2.13 bits per heavy atom. The van der Waals surface area contributed by atoms with Crippen molar-refractivity contribution in [2.24, 2.45) is 5.41 Å². The Kier molecular flexibility index (Phi) is 19.6. The van der Waals surface area contributed by atoms with Gasteiger partial charge in [-0.25, -0.2) is 0 Å². The van der Waals surface area contributed by atoms with Crippen LogP contribution in [0.5, 0.6) is 0 Å². The summed E-state index contributed by atoms with van der Waals surface area (Å²) in [6.07, 6.45) is 20.9. The molecule has 8 heteroatoms. The van der Waals surface area contributed by atoms with Crippen LogP contribution < -0.4 is 10.6 Å². The zero-order chi connectivity index (χ0) is 34.4. The second-order valence-corrected chi connectivity index (χ2v) is 14.1. The number of rotatable bonds is 24. The van der Waals surface area contributed by atoms with E-state index in [0.717, 1.165) is 31.2 Å². The van der Waals surface area contributed by atoms with E-state index < -0.39 is 23.3 Å². The second-order valence-electron chi connectivity index (χ2n) is 14.1. The zero-order valence-corrected chi connectivity index (χ0v) is 30.1. The molecule has 0 saturated carbocycles. The van der Waals surface area contributed by atoms with Crippen LogP contribution in [0.15, 0.2) is 42.5 Å². The zero-order valence-electron chi connectivity index (χ0n) is 30.1. The molecule has 266 valence electrons. The monoisotopic (exact) mass is 656 g/mol. The molecule has 2 atom stereocenters. The van der Waals surface area contributed by atoms with Gasteiger partial charge in [-0.1, -0.05) is 115 Å². The Morgan fingerprint density at radius 1 is 0.851 bits per heavy atom. The standard InChI is InChI=1S/C39H64N2O6/c1-6-7-8-9-10-11-12-13-14-15-16-17-18-19-23-27-34(42)41-33(32-25-21-20-22-26-32)30-45-35(43)28-24-29-40-37(44)36-38(2,3)31-46-39(4,5)47-36/h13-14,20-22,25-26,33,36H,6-12,15-19,23-24,27-31H2,1-5H3,(H,40,44)(H,41,42)/b14-13-/t33-,36?/m1/s1. The number of hydrogen-bond acceptors (Lipinski definition) is 6. The van der Waals surface area contributed by atoms with Crippen molar-refractivity contribution in [1.29, 1.82) is 0 Å². The third-order valence-electron chi connectivity index (χ3n) is 8.61. The minimum absolute atomic E-state index is 0.0309. The average molecular weight is 657 g/mol. The van der Waals surface area contributed by atoms with Crippen molar-refractivity contribution >= 4 is 17.8 Å². The maximum absolute atomic E-state index is 12.8. The number of hydrogen-bond donors (Lipinski definition) is 2.